The fourth-order valence-corrected chi connectivity index (χ4v) is 9.25. The molecule has 0 spiro atoms. The van der Waals surface area contributed by atoms with Gasteiger partial charge in [0.1, 0.15) is 6.10 Å². The maximum atomic E-state index is 13.0. The van der Waals surface area contributed by atoms with Crippen molar-refractivity contribution in [1.82, 2.24) is 0 Å². The molecule has 1 aliphatic heterocycles. The zero-order chi connectivity index (χ0) is 24.2. The van der Waals surface area contributed by atoms with Gasteiger partial charge >= 0.3 is 5.97 Å². The van der Waals surface area contributed by atoms with Crippen LogP contribution in [0.3, 0.4) is 0 Å². The molecule has 0 aliphatic carbocycles. The number of aliphatic hydroxyl groups excluding tert-OH is 1. The summed E-state index contributed by atoms with van der Waals surface area (Å²) in [5.74, 6) is -0.547. The largest absolute Gasteiger partial charge is 0.455 e. The Bertz CT molecular complexity index is 1030. The number of aliphatic hydroxyl groups is 1. The summed E-state index contributed by atoms with van der Waals surface area (Å²) in [6.45, 7) is 6.87. The maximum absolute atomic E-state index is 13.0. The molecule has 1 heterocycles. The summed E-state index contributed by atoms with van der Waals surface area (Å²) in [6.07, 6.45) is -2.99. The van der Waals surface area contributed by atoms with Gasteiger partial charge in [-0.15, -0.1) is 0 Å². The summed E-state index contributed by atoms with van der Waals surface area (Å²) < 4.78 is 18.1. The third-order valence-corrected chi connectivity index (χ3v) is 11.3. The van der Waals surface area contributed by atoms with E-state index in [1.807, 2.05) is 66.7 Å². The van der Waals surface area contributed by atoms with Crippen LogP contribution in [0.5, 0.6) is 0 Å². The molecular formula is C28H32O5Si. The minimum absolute atomic E-state index is 0.0996. The van der Waals surface area contributed by atoms with Gasteiger partial charge in [-0.05, 0) is 21.0 Å². The summed E-state index contributed by atoms with van der Waals surface area (Å²) in [5, 5.41) is 12.9. The molecule has 0 radical (unpaired) electrons. The minimum atomic E-state index is -3.01. The van der Waals surface area contributed by atoms with Gasteiger partial charge in [-0.1, -0.05) is 112 Å². The van der Waals surface area contributed by atoms with Crippen LogP contribution in [0.2, 0.25) is 5.04 Å². The van der Waals surface area contributed by atoms with E-state index in [2.05, 4.69) is 45.0 Å². The molecule has 3 atom stereocenters. The molecule has 6 heteroatoms. The smallest absolute Gasteiger partial charge is 0.337 e. The second kappa shape index (κ2) is 10.2. The van der Waals surface area contributed by atoms with E-state index in [1.54, 1.807) is 0 Å². The maximum Gasteiger partial charge on any atom is 0.337 e. The van der Waals surface area contributed by atoms with Gasteiger partial charge in [0.05, 0.1) is 13.2 Å². The zero-order valence-corrected chi connectivity index (χ0v) is 20.9. The van der Waals surface area contributed by atoms with Crippen LogP contribution in [-0.4, -0.2) is 44.3 Å². The highest BCUT2D eigenvalue weighted by Crippen LogP contribution is 2.39. The zero-order valence-electron chi connectivity index (χ0n) is 19.9. The third-order valence-electron chi connectivity index (χ3n) is 6.31. The fraction of sp³-hybridized carbons (Fsp3) is 0.321. The van der Waals surface area contributed by atoms with Crippen molar-refractivity contribution in [3.63, 3.8) is 0 Å². The van der Waals surface area contributed by atoms with Gasteiger partial charge in [0, 0.05) is 0 Å². The lowest BCUT2D eigenvalue weighted by atomic mass is 10.1. The number of carbonyl (C=O) groups is 1. The molecule has 0 saturated carbocycles. The Kier molecular flexibility index (Phi) is 7.33. The Morgan fingerprint density at radius 2 is 1.35 bits per heavy atom. The lowest BCUT2D eigenvalue weighted by Crippen LogP contribution is -2.68. The monoisotopic (exact) mass is 476 g/mol. The normalized spacial score (nSPS) is 20.8. The van der Waals surface area contributed by atoms with E-state index >= 15 is 0 Å². The molecule has 34 heavy (non-hydrogen) atoms. The average molecular weight is 477 g/mol. The first-order valence-corrected chi connectivity index (χ1v) is 13.5. The van der Waals surface area contributed by atoms with E-state index in [1.165, 1.54) is 0 Å². The fourth-order valence-electron chi connectivity index (χ4n) is 4.62. The number of rotatable bonds is 8. The van der Waals surface area contributed by atoms with Crippen LogP contribution < -0.4 is 10.4 Å². The molecule has 0 bridgehead atoms. The van der Waals surface area contributed by atoms with Crippen LogP contribution in [-0.2, 0) is 25.3 Å². The number of carbonyl (C=O) groups excluding carboxylic acids is 1. The first-order chi connectivity index (χ1) is 16.3. The highest BCUT2D eigenvalue weighted by molar-refractivity contribution is 6.99. The predicted molar refractivity (Wildman–Crippen MR) is 134 cm³/mol. The van der Waals surface area contributed by atoms with Crippen molar-refractivity contribution < 1.29 is 23.8 Å². The highest BCUT2D eigenvalue weighted by Gasteiger charge is 2.56. The number of benzene rings is 3. The second-order valence-corrected chi connectivity index (χ2v) is 13.9. The van der Waals surface area contributed by atoms with Crippen LogP contribution in [0.15, 0.2) is 91.0 Å². The number of hydrogen-bond acceptors (Lipinski definition) is 5. The van der Waals surface area contributed by atoms with Gasteiger partial charge in [-0.2, -0.15) is 0 Å². The molecule has 1 aliphatic rings. The Morgan fingerprint density at radius 3 is 1.85 bits per heavy atom. The van der Waals surface area contributed by atoms with Crippen molar-refractivity contribution in [2.24, 2.45) is 0 Å². The van der Waals surface area contributed by atoms with E-state index in [9.17, 15) is 9.90 Å². The van der Waals surface area contributed by atoms with Gasteiger partial charge in [-0.25, -0.2) is 4.79 Å². The predicted octanol–water partition coefficient (Wildman–Crippen LogP) is 3.43. The van der Waals surface area contributed by atoms with E-state index in [0.29, 0.717) is 6.61 Å². The molecule has 1 saturated heterocycles. The van der Waals surface area contributed by atoms with E-state index in [-0.39, 0.29) is 11.6 Å². The van der Waals surface area contributed by atoms with E-state index < -0.39 is 32.6 Å². The number of cyclic esters (lactones) is 1. The Labute approximate surface area is 202 Å². The van der Waals surface area contributed by atoms with Crippen molar-refractivity contribution in [3.8, 4) is 0 Å². The molecule has 5 nitrogen and oxygen atoms in total. The summed E-state index contributed by atoms with van der Waals surface area (Å²) in [4.78, 5) is 13.0. The summed E-state index contributed by atoms with van der Waals surface area (Å²) >= 11 is 0. The third kappa shape index (κ3) is 4.86. The van der Waals surface area contributed by atoms with Crippen LogP contribution >= 0.6 is 0 Å². The van der Waals surface area contributed by atoms with Crippen molar-refractivity contribution in [3.05, 3.63) is 96.6 Å². The minimum Gasteiger partial charge on any atom is -0.455 e. The van der Waals surface area contributed by atoms with Crippen LogP contribution in [0.1, 0.15) is 26.3 Å². The molecule has 1 fully saturated rings. The quantitative estimate of drug-likeness (QED) is 0.399. The molecule has 1 N–H and O–H groups in total. The molecule has 4 rings (SSSR count). The number of hydrogen-bond donors (Lipinski definition) is 1. The van der Waals surface area contributed by atoms with Gasteiger partial charge in [0.25, 0.3) is 8.32 Å². The number of esters is 1. The van der Waals surface area contributed by atoms with Crippen LogP contribution in [0.4, 0.5) is 0 Å². The Balaban J connectivity index is 1.61. The first kappa shape index (κ1) is 24.4. The van der Waals surface area contributed by atoms with Crippen LogP contribution in [0.25, 0.3) is 0 Å². The molecule has 178 valence electrons. The average Bonchev–Trinajstić information content (AvgIpc) is 3.10. The Hall–Kier alpha value is -2.77. The summed E-state index contributed by atoms with van der Waals surface area (Å²) in [6, 6.07) is 29.8. The van der Waals surface area contributed by atoms with Gasteiger partial charge in [0.15, 0.2) is 12.2 Å². The highest BCUT2D eigenvalue weighted by atomic mass is 28.4. The van der Waals surface area contributed by atoms with Gasteiger partial charge in [0.2, 0.25) is 0 Å². The summed E-state index contributed by atoms with van der Waals surface area (Å²) in [5.41, 5.74) is 1.02. The van der Waals surface area contributed by atoms with Crippen molar-refractivity contribution in [1.29, 1.82) is 0 Å². The van der Waals surface area contributed by atoms with Crippen LogP contribution in [0, 0.1) is 0 Å². The standard InChI is InChI=1S/C28H32O5Si/c1-28(2,3)34(22-15-9-5-10-16-22,23-17-11-6-12-18-23)33-26-25(29)24(32-27(26)30)20-31-19-21-13-7-4-8-14-21/h4-18,24-26,29H,19-20H2,1-3H3. The molecule has 3 unspecified atom stereocenters. The molecule has 3 aromatic carbocycles. The lowest BCUT2D eigenvalue weighted by molar-refractivity contribution is -0.148. The molecular weight excluding hydrogens is 444 g/mol. The van der Waals surface area contributed by atoms with E-state index in [0.717, 1.165) is 15.9 Å². The van der Waals surface area contributed by atoms with Gasteiger partial charge in [-0.3, -0.25) is 0 Å². The van der Waals surface area contributed by atoms with Gasteiger partial charge < -0.3 is 19.0 Å². The second-order valence-electron chi connectivity index (χ2n) is 9.67. The molecule has 3 aromatic rings. The SMILES string of the molecule is CC(C)(C)[Si](OC1C(=O)OC(COCc2ccccc2)C1O)(c1ccccc1)c1ccccc1. The first-order valence-electron chi connectivity index (χ1n) is 11.6. The topological polar surface area (TPSA) is 65.0 Å². The van der Waals surface area contributed by atoms with Crippen molar-refractivity contribution in [2.45, 2.75) is 50.7 Å². The van der Waals surface area contributed by atoms with Crippen molar-refractivity contribution in [2.75, 3.05) is 6.61 Å². The van der Waals surface area contributed by atoms with E-state index in [4.69, 9.17) is 13.9 Å². The Morgan fingerprint density at radius 1 is 0.853 bits per heavy atom. The molecule has 0 amide bonds. The summed E-state index contributed by atoms with van der Waals surface area (Å²) in [7, 11) is -3.01. The molecule has 0 aromatic heterocycles. The lowest BCUT2D eigenvalue weighted by Gasteiger charge is -2.44. The number of ether oxygens (including phenoxy) is 2. The van der Waals surface area contributed by atoms with Crippen molar-refractivity contribution >= 4 is 24.7 Å².